The first-order chi connectivity index (χ1) is 12.3. The summed E-state index contributed by atoms with van der Waals surface area (Å²) in [5.74, 6) is 2.91. The van der Waals surface area contributed by atoms with Crippen molar-refractivity contribution in [2.24, 2.45) is 34.5 Å². The molecule has 4 aliphatic carbocycles. The van der Waals surface area contributed by atoms with Crippen LogP contribution in [0.4, 0.5) is 4.79 Å². The number of hydrogen-bond acceptors (Lipinski definition) is 3. The highest BCUT2D eigenvalue weighted by atomic mass is 16.6. The monoisotopic (exact) mass is 359 g/mol. The van der Waals surface area contributed by atoms with Crippen LogP contribution < -0.4 is 5.32 Å². The lowest BCUT2D eigenvalue weighted by Gasteiger charge is -2.59. The summed E-state index contributed by atoms with van der Waals surface area (Å²) in [7, 11) is 1.64. The quantitative estimate of drug-likeness (QED) is 0.750. The Morgan fingerprint density at radius 3 is 2.69 bits per heavy atom. The average Bonchev–Trinajstić information content (AvgIpc) is 2.93. The molecule has 144 valence electrons. The van der Waals surface area contributed by atoms with Crippen molar-refractivity contribution in [1.82, 2.24) is 5.32 Å². The normalized spacial score (nSPS) is 47.3. The van der Waals surface area contributed by atoms with E-state index in [1.165, 1.54) is 12.0 Å². The van der Waals surface area contributed by atoms with Crippen LogP contribution in [-0.4, -0.2) is 25.0 Å². The maximum absolute atomic E-state index is 12.0. The molecule has 1 N–H and O–H groups in total. The van der Waals surface area contributed by atoms with Crippen LogP contribution in [0, 0.1) is 34.5 Å². The molecule has 4 heteroatoms. The Bertz CT molecular complexity index is 656. The number of carbonyl (C=O) groups is 2. The number of hydrogen-bond donors (Lipinski definition) is 1. The number of allylic oxidation sites excluding steroid dienone is 1. The Morgan fingerprint density at radius 1 is 1.19 bits per heavy atom. The van der Waals surface area contributed by atoms with Crippen molar-refractivity contribution in [1.29, 1.82) is 0 Å². The van der Waals surface area contributed by atoms with Crippen molar-refractivity contribution in [3.05, 3.63) is 11.6 Å². The van der Waals surface area contributed by atoms with Crippen molar-refractivity contribution in [3.63, 3.8) is 0 Å². The lowest BCUT2D eigenvalue weighted by atomic mass is 9.45. The van der Waals surface area contributed by atoms with Gasteiger partial charge < -0.3 is 10.1 Å². The van der Waals surface area contributed by atoms with Gasteiger partial charge in [-0.3, -0.25) is 4.79 Å². The zero-order valence-electron chi connectivity index (χ0n) is 16.6. The van der Waals surface area contributed by atoms with E-state index < -0.39 is 0 Å². The number of nitrogens with one attached hydrogen (secondary N) is 1. The first-order valence-corrected chi connectivity index (χ1v) is 10.4. The Labute approximate surface area is 157 Å². The molecule has 4 nitrogen and oxygen atoms in total. The summed E-state index contributed by atoms with van der Waals surface area (Å²) >= 11 is 0. The summed E-state index contributed by atoms with van der Waals surface area (Å²) in [6, 6.07) is 0. The topological polar surface area (TPSA) is 55.4 Å². The Hall–Kier alpha value is -1.32. The molecule has 0 spiro atoms. The van der Waals surface area contributed by atoms with E-state index in [0.717, 1.165) is 32.1 Å². The average molecular weight is 360 g/mol. The third-order valence-corrected chi connectivity index (χ3v) is 8.68. The van der Waals surface area contributed by atoms with E-state index in [-0.39, 0.29) is 23.0 Å². The smallest absolute Gasteiger partial charge is 0.407 e. The van der Waals surface area contributed by atoms with Crippen LogP contribution in [0.1, 0.15) is 65.7 Å². The molecule has 4 aliphatic rings. The fraction of sp³-hybridized carbons (Fsp3) is 0.818. The van der Waals surface area contributed by atoms with Crippen molar-refractivity contribution in [3.8, 4) is 0 Å². The van der Waals surface area contributed by atoms with Gasteiger partial charge >= 0.3 is 6.09 Å². The van der Waals surface area contributed by atoms with Crippen LogP contribution in [-0.2, 0) is 9.53 Å². The molecule has 0 heterocycles. The third kappa shape index (κ3) is 2.47. The van der Waals surface area contributed by atoms with Gasteiger partial charge in [0.15, 0.2) is 5.78 Å². The molecule has 26 heavy (non-hydrogen) atoms. The van der Waals surface area contributed by atoms with Crippen LogP contribution >= 0.6 is 0 Å². The molecule has 0 aromatic rings. The van der Waals surface area contributed by atoms with E-state index in [1.807, 2.05) is 6.08 Å². The van der Waals surface area contributed by atoms with Gasteiger partial charge in [0.05, 0.1) is 0 Å². The van der Waals surface area contributed by atoms with E-state index >= 15 is 0 Å². The van der Waals surface area contributed by atoms with E-state index in [0.29, 0.717) is 35.9 Å². The largest absolute Gasteiger partial charge is 0.446 e. The summed E-state index contributed by atoms with van der Waals surface area (Å²) < 4.78 is 5.79. The van der Waals surface area contributed by atoms with Gasteiger partial charge in [0.25, 0.3) is 0 Å². The van der Waals surface area contributed by atoms with Gasteiger partial charge in [-0.2, -0.15) is 0 Å². The van der Waals surface area contributed by atoms with E-state index in [1.54, 1.807) is 7.05 Å². The van der Waals surface area contributed by atoms with Crippen LogP contribution in [0.5, 0.6) is 0 Å². The predicted molar refractivity (Wildman–Crippen MR) is 101 cm³/mol. The van der Waals surface area contributed by atoms with Crippen molar-refractivity contribution >= 4 is 11.9 Å². The van der Waals surface area contributed by atoms with Crippen molar-refractivity contribution < 1.29 is 14.3 Å². The zero-order chi connectivity index (χ0) is 18.7. The first-order valence-electron chi connectivity index (χ1n) is 10.4. The second-order valence-corrected chi connectivity index (χ2v) is 9.79. The molecule has 0 bridgehead atoms. The molecule has 3 unspecified atom stereocenters. The second kappa shape index (κ2) is 6.10. The molecule has 3 saturated carbocycles. The number of carbonyl (C=O) groups excluding carboxylic acids is 2. The highest BCUT2D eigenvalue weighted by molar-refractivity contribution is 5.91. The number of amides is 1. The highest BCUT2D eigenvalue weighted by Crippen LogP contribution is 2.66. The van der Waals surface area contributed by atoms with E-state index in [2.05, 4.69) is 26.1 Å². The number of ether oxygens (including phenoxy) is 1. The minimum absolute atomic E-state index is 0.0401. The predicted octanol–water partition coefficient (Wildman–Crippen LogP) is 4.49. The van der Waals surface area contributed by atoms with Gasteiger partial charge in [-0.15, -0.1) is 0 Å². The second-order valence-electron chi connectivity index (χ2n) is 9.79. The minimum Gasteiger partial charge on any atom is -0.446 e. The molecule has 7 atom stereocenters. The maximum Gasteiger partial charge on any atom is 0.407 e. The number of rotatable bonds is 1. The Kier molecular flexibility index (Phi) is 4.24. The molecule has 4 rings (SSSR count). The van der Waals surface area contributed by atoms with Crippen LogP contribution in [0.25, 0.3) is 0 Å². The van der Waals surface area contributed by atoms with Gasteiger partial charge in [-0.1, -0.05) is 26.3 Å². The molecule has 1 amide bonds. The fourth-order valence-electron chi connectivity index (χ4n) is 7.24. The molecule has 0 radical (unpaired) electrons. The van der Waals surface area contributed by atoms with Gasteiger partial charge in [-0.05, 0) is 73.7 Å². The molecule has 0 aromatic carbocycles. The zero-order valence-corrected chi connectivity index (χ0v) is 16.6. The minimum atomic E-state index is -0.293. The summed E-state index contributed by atoms with van der Waals surface area (Å²) in [6.07, 6.45) is 9.00. The van der Waals surface area contributed by atoms with Crippen molar-refractivity contribution in [2.75, 3.05) is 7.05 Å². The molecule has 0 aromatic heterocycles. The first kappa shape index (κ1) is 18.1. The van der Waals surface area contributed by atoms with Gasteiger partial charge in [-0.25, -0.2) is 4.79 Å². The van der Waals surface area contributed by atoms with Crippen LogP contribution in [0.15, 0.2) is 11.6 Å². The number of ketones is 1. The molecular weight excluding hydrogens is 326 g/mol. The SMILES string of the molecule is CNC(=O)O[C@H]1CCC2C3C(CC[C@@]21C)[C@@]1(C)CCC(=O)C=C1C[C@H]3C. The van der Waals surface area contributed by atoms with E-state index in [4.69, 9.17) is 4.74 Å². The van der Waals surface area contributed by atoms with Gasteiger partial charge in [0, 0.05) is 18.9 Å². The standard InChI is InChI=1S/C22H33NO3/c1-13-11-14-12-15(24)7-9-21(14,2)17-8-10-22(3)16(19(13)17)5-6-18(22)26-20(25)23-4/h12-13,16-19H,5-11H2,1-4H3,(H,23,25)/t13-,16?,17?,18+,19?,21+,22+/m1/s1. The van der Waals surface area contributed by atoms with E-state index in [9.17, 15) is 9.59 Å². The number of alkyl carbamates (subject to hydrolysis) is 1. The lowest BCUT2D eigenvalue weighted by molar-refractivity contribution is -0.119. The summed E-state index contributed by atoms with van der Waals surface area (Å²) in [4.78, 5) is 23.8. The van der Waals surface area contributed by atoms with Crippen LogP contribution in [0.2, 0.25) is 0 Å². The Morgan fingerprint density at radius 2 is 1.96 bits per heavy atom. The lowest BCUT2D eigenvalue weighted by Crippen LogP contribution is -2.54. The summed E-state index contributed by atoms with van der Waals surface area (Å²) in [6.45, 7) is 7.17. The summed E-state index contributed by atoms with van der Waals surface area (Å²) in [5, 5.41) is 2.62. The van der Waals surface area contributed by atoms with Crippen molar-refractivity contribution in [2.45, 2.75) is 71.8 Å². The maximum atomic E-state index is 12.0. The Balaban J connectivity index is 1.64. The fourth-order valence-corrected chi connectivity index (χ4v) is 7.24. The number of fused-ring (bicyclic) bond motifs is 5. The molecule has 3 fully saturated rings. The highest BCUT2D eigenvalue weighted by Gasteiger charge is 2.61. The van der Waals surface area contributed by atoms with Gasteiger partial charge in [0.1, 0.15) is 6.10 Å². The summed E-state index contributed by atoms with van der Waals surface area (Å²) in [5.41, 5.74) is 1.72. The molecule has 0 aliphatic heterocycles. The third-order valence-electron chi connectivity index (χ3n) is 8.68. The van der Waals surface area contributed by atoms with Gasteiger partial charge in [0.2, 0.25) is 0 Å². The molecule has 0 saturated heterocycles. The van der Waals surface area contributed by atoms with Crippen LogP contribution in [0.3, 0.4) is 0 Å². The molecular formula is C22H33NO3.